The molecule has 0 radical (unpaired) electrons. The lowest BCUT2D eigenvalue weighted by molar-refractivity contribution is -0.143. The number of nitrogens with zero attached hydrogens (tertiary/aromatic N) is 2. The number of hydrogen-bond donors (Lipinski definition) is 1. The van der Waals surface area contributed by atoms with Crippen LogP contribution in [0.4, 0.5) is 10.1 Å². The maximum Gasteiger partial charge on any atom is 0.253 e. The van der Waals surface area contributed by atoms with Crippen LogP contribution in [0.1, 0.15) is 37.0 Å². The van der Waals surface area contributed by atoms with Gasteiger partial charge in [-0.3, -0.25) is 24.6 Å². The fourth-order valence-corrected chi connectivity index (χ4v) is 6.59. The summed E-state index contributed by atoms with van der Waals surface area (Å²) in [5.41, 5.74) is 1.17. The Morgan fingerprint density at radius 1 is 0.842 bits per heavy atom. The van der Waals surface area contributed by atoms with E-state index in [-0.39, 0.29) is 42.8 Å². The molecular weight excluding hydrogens is 481 g/mol. The van der Waals surface area contributed by atoms with Gasteiger partial charge in [0.05, 0.1) is 24.9 Å². The third-order valence-electron chi connectivity index (χ3n) is 8.15. The van der Waals surface area contributed by atoms with Crippen molar-refractivity contribution in [3.8, 4) is 0 Å². The highest BCUT2D eigenvalue weighted by molar-refractivity contribution is 6.16. The van der Waals surface area contributed by atoms with Gasteiger partial charge in [0.25, 0.3) is 5.91 Å². The number of carbonyl (C=O) groups excluding carboxylic acids is 3. The Kier molecular flexibility index (Phi) is 5.91. The molecule has 3 amide bonds. The minimum absolute atomic E-state index is 0.0358. The average molecular weight is 512 g/mol. The Morgan fingerprint density at radius 3 is 2.26 bits per heavy atom. The number of fused-ring (bicyclic) bond motifs is 4. The first kappa shape index (κ1) is 24.5. The van der Waals surface area contributed by atoms with Gasteiger partial charge in [0.15, 0.2) is 0 Å². The lowest BCUT2D eigenvalue weighted by Gasteiger charge is -2.31. The third-order valence-corrected chi connectivity index (χ3v) is 8.15. The highest BCUT2D eigenvalue weighted by atomic mass is 19.1. The zero-order valence-electron chi connectivity index (χ0n) is 21.4. The summed E-state index contributed by atoms with van der Waals surface area (Å²) in [5.74, 6) is -2.56. The second-order valence-electron chi connectivity index (χ2n) is 10.9. The molecule has 2 saturated heterocycles. The number of halogens is 1. The molecule has 0 aromatic heterocycles. The smallest absolute Gasteiger partial charge is 0.253 e. The van der Waals surface area contributed by atoms with Crippen LogP contribution in [0.5, 0.6) is 0 Å². The van der Waals surface area contributed by atoms with E-state index >= 15 is 0 Å². The molecule has 1 N–H and O–H groups in total. The van der Waals surface area contributed by atoms with E-state index in [0.717, 1.165) is 5.56 Å². The Bertz CT molecular complexity index is 1420. The summed E-state index contributed by atoms with van der Waals surface area (Å²) in [4.78, 5) is 45.3. The van der Waals surface area contributed by atoms with Gasteiger partial charge in [-0.25, -0.2) is 4.39 Å². The van der Waals surface area contributed by atoms with Gasteiger partial charge in [0.2, 0.25) is 11.8 Å². The first-order chi connectivity index (χ1) is 18.3. The molecule has 3 aromatic rings. The highest BCUT2D eigenvalue weighted by Crippen LogP contribution is 2.55. The van der Waals surface area contributed by atoms with Gasteiger partial charge in [-0.05, 0) is 30.0 Å². The number of rotatable bonds is 6. The van der Waals surface area contributed by atoms with Gasteiger partial charge >= 0.3 is 0 Å². The molecule has 3 aliphatic rings. The van der Waals surface area contributed by atoms with Crippen molar-refractivity contribution in [2.24, 2.45) is 17.8 Å². The molecule has 2 fully saturated rings. The number of carbonyl (C=O) groups is 3. The quantitative estimate of drug-likeness (QED) is 0.499. The predicted octanol–water partition coefficient (Wildman–Crippen LogP) is 4.39. The number of imide groups is 1. The molecule has 194 valence electrons. The zero-order chi connectivity index (χ0) is 26.6. The van der Waals surface area contributed by atoms with Crippen LogP contribution < -0.4 is 10.2 Å². The lowest BCUT2D eigenvalue weighted by Crippen LogP contribution is -2.55. The van der Waals surface area contributed by atoms with Crippen molar-refractivity contribution in [3.63, 3.8) is 0 Å². The first-order valence-corrected chi connectivity index (χ1v) is 13.1. The molecule has 7 heteroatoms. The summed E-state index contributed by atoms with van der Waals surface area (Å²) in [7, 11) is 0. The Balaban J connectivity index is 1.45. The Morgan fingerprint density at radius 2 is 1.53 bits per heavy atom. The van der Waals surface area contributed by atoms with Crippen molar-refractivity contribution in [3.05, 3.63) is 101 Å². The van der Waals surface area contributed by atoms with Gasteiger partial charge < -0.3 is 4.90 Å². The fraction of sp³-hybridized carbons (Fsp3) is 0.323. The van der Waals surface area contributed by atoms with Crippen molar-refractivity contribution < 1.29 is 18.8 Å². The molecule has 1 spiro atoms. The minimum Gasteiger partial charge on any atom is -0.306 e. The van der Waals surface area contributed by atoms with E-state index in [4.69, 9.17) is 0 Å². The van der Waals surface area contributed by atoms with Crippen LogP contribution >= 0.6 is 0 Å². The molecule has 3 aliphatic heterocycles. The first-order valence-electron chi connectivity index (χ1n) is 13.1. The lowest BCUT2D eigenvalue weighted by atomic mass is 9.76. The summed E-state index contributed by atoms with van der Waals surface area (Å²) in [6.45, 7) is 4.35. The molecule has 4 atom stereocenters. The zero-order valence-corrected chi connectivity index (χ0v) is 21.4. The van der Waals surface area contributed by atoms with Crippen molar-refractivity contribution in [2.75, 3.05) is 4.90 Å². The van der Waals surface area contributed by atoms with Crippen LogP contribution in [0.2, 0.25) is 0 Å². The molecule has 0 aliphatic carbocycles. The van der Waals surface area contributed by atoms with Gasteiger partial charge in [0.1, 0.15) is 11.4 Å². The summed E-state index contributed by atoms with van der Waals surface area (Å²) in [6, 6.07) is 22.8. The molecule has 6 rings (SSSR count). The summed E-state index contributed by atoms with van der Waals surface area (Å²) >= 11 is 0. The standard InChI is InChI=1S/C31H30FN3O3/c1-19(2)16-24-26-27(29(37)35(28(26)36)17-20-10-4-3-5-11-20)31(33-24)22-13-7-9-15-25(22)34(30(31)38)18-21-12-6-8-14-23(21)32/h3-15,19,24,26-27,33H,16-18H2,1-2H3/t24-,26+,27+,31-/m0/s1. The van der Waals surface area contributed by atoms with E-state index in [2.05, 4.69) is 19.2 Å². The van der Waals surface area contributed by atoms with E-state index in [1.165, 1.54) is 11.0 Å². The number of anilines is 1. The number of hydrogen-bond acceptors (Lipinski definition) is 4. The van der Waals surface area contributed by atoms with Crippen LogP contribution in [0.3, 0.4) is 0 Å². The van der Waals surface area contributed by atoms with Crippen molar-refractivity contribution in [2.45, 2.75) is 44.9 Å². The number of amides is 3. The summed E-state index contributed by atoms with van der Waals surface area (Å²) in [6.07, 6.45) is 0.643. The van der Waals surface area contributed by atoms with Crippen molar-refractivity contribution in [1.29, 1.82) is 0 Å². The number of para-hydroxylation sites is 1. The van der Waals surface area contributed by atoms with Crippen molar-refractivity contribution in [1.82, 2.24) is 10.2 Å². The number of nitrogens with one attached hydrogen (secondary N) is 1. The molecule has 3 heterocycles. The molecule has 0 saturated carbocycles. The van der Waals surface area contributed by atoms with Crippen LogP contribution in [-0.2, 0) is 33.0 Å². The monoisotopic (exact) mass is 511 g/mol. The average Bonchev–Trinajstić information content (AvgIpc) is 3.45. The third kappa shape index (κ3) is 3.60. The van der Waals surface area contributed by atoms with Crippen LogP contribution in [0.15, 0.2) is 78.9 Å². The normalized spacial score (nSPS) is 26.1. The SMILES string of the molecule is CC(C)C[C@@H]1N[C@]2(C(=O)N(Cc3ccccc3F)c3ccccc32)[C@H]2C(=O)N(Cc3ccccc3)C(=O)[C@H]12. The van der Waals surface area contributed by atoms with E-state index in [1.54, 1.807) is 23.1 Å². The topological polar surface area (TPSA) is 69.7 Å². The highest BCUT2D eigenvalue weighted by Gasteiger charge is 2.71. The van der Waals surface area contributed by atoms with E-state index < -0.39 is 23.2 Å². The maximum atomic E-state index is 14.6. The molecular formula is C31H30FN3O3. The molecule has 0 bridgehead atoms. The van der Waals surface area contributed by atoms with Crippen LogP contribution in [0, 0.1) is 23.6 Å². The van der Waals surface area contributed by atoms with Crippen LogP contribution in [-0.4, -0.2) is 28.7 Å². The van der Waals surface area contributed by atoms with Gasteiger partial charge in [0, 0.05) is 22.9 Å². The Labute approximate surface area is 221 Å². The van der Waals surface area contributed by atoms with Gasteiger partial charge in [-0.15, -0.1) is 0 Å². The second kappa shape index (κ2) is 9.17. The van der Waals surface area contributed by atoms with E-state index in [9.17, 15) is 18.8 Å². The molecule has 3 aromatic carbocycles. The van der Waals surface area contributed by atoms with Crippen LogP contribution in [0.25, 0.3) is 0 Å². The van der Waals surface area contributed by atoms with Gasteiger partial charge in [-0.1, -0.05) is 80.6 Å². The minimum atomic E-state index is -1.38. The Hall–Kier alpha value is -3.84. The molecule has 0 unspecified atom stereocenters. The fourth-order valence-electron chi connectivity index (χ4n) is 6.59. The van der Waals surface area contributed by atoms with Crippen molar-refractivity contribution >= 4 is 23.4 Å². The maximum absolute atomic E-state index is 14.6. The van der Waals surface area contributed by atoms with E-state index in [1.807, 2.05) is 54.6 Å². The molecule has 38 heavy (non-hydrogen) atoms. The predicted molar refractivity (Wildman–Crippen MR) is 141 cm³/mol. The molecule has 6 nitrogen and oxygen atoms in total. The number of benzene rings is 3. The largest absolute Gasteiger partial charge is 0.306 e. The second-order valence-corrected chi connectivity index (χ2v) is 10.9. The van der Waals surface area contributed by atoms with Gasteiger partial charge in [-0.2, -0.15) is 0 Å². The summed E-state index contributed by atoms with van der Waals surface area (Å²) in [5, 5.41) is 3.53. The number of likely N-dealkylation sites (tertiary alicyclic amines) is 1. The summed E-state index contributed by atoms with van der Waals surface area (Å²) < 4.78 is 14.6. The van der Waals surface area contributed by atoms with E-state index in [0.29, 0.717) is 23.2 Å².